The van der Waals surface area contributed by atoms with E-state index in [9.17, 15) is 4.79 Å². The van der Waals surface area contributed by atoms with Crippen molar-refractivity contribution in [1.29, 1.82) is 0 Å². The first-order valence-corrected chi connectivity index (χ1v) is 10.6. The van der Waals surface area contributed by atoms with Gasteiger partial charge in [-0.25, -0.2) is 0 Å². The number of likely N-dealkylation sites (N-methyl/N-ethyl adjacent to an activating group) is 1. The minimum absolute atomic E-state index is 0.174. The van der Waals surface area contributed by atoms with Gasteiger partial charge in [0.1, 0.15) is 12.4 Å². The molecule has 0 N–H and O–H groups in total. The van der Waals surface area contributed by atoms with Gasteiger partial charge >= 0.3 is 0 Å². The Morgan fingerprint density at radius 3 is 2.69 bits per heavy atom. The Hall–Kier alpha value is -2.56. The van der Waals surface area contributed by atoms with Crippen LogP contribution in [0.4, 0.5) is 0 Å². The van der Waals surface area contributed by atoms with Crippen molar-refractivity contribution >= 4 is 23.1 Å². The van der Waals surface area contributed by atoms with Crippen LogP contribution in [0.25, 0.3) is 5.57 Å². The summed E-state index contributed by atoms with van der Waals surface area (Å²) in [5, 5.41) is 0. The molecule has 0 atom stereocenters. The van der Waals surface area contributed by atoms with Gasteiger partial charge in [0.25, 0.3) is 0 Å². The predicted molar refractivity (Wildman–Crippen MR) is 121 cm³/mol. The molecule has 3 rings (SSSR count). The zero-order valence-corrected chi connectivity index (χ0v) is 17.8. The fourth-order valence-electron chi connectivity index (χ4n) is 3.37. The van der Waals surface area contributed by atoms with Gasteiger partial charge in [-0.2, -0.15) is 0 Å². The number of Topliss-reactive ketones (excluding diaryl/α,β-unsaturated/α-hetero) is 1. The van der Waals surface area contributed by atoms with Crippen LogP contribution in [0.1, 0.15) is 34.3 Å². The van der Waals surface area contributed by atoms with E-state index in [4.69, 9.17) is 4.74 Å². The third kappa shape index (κ3) is 5.08. The number of allylic oxidation sites excluding steroid dienone is 1. The third-order valence-electron chi connectivity index (χ3n) is 4.99. The standard InChI is InChI=1S/C25H27NO2S/c1-5-18(2)28-17-16-26(4)15-9-12-22(27)21-11-8-14-24-25(21)19(3)20-10-6-7-13-23(20)29-24/h5-8,10-11,13-14H,1-3,9,12,15-17H2,4H3. The third-order valence-corrected chi connectivity index (χ3v) is 6.13. The maximum atomic E-state index is 13.0. The zero-order valence-electron chi connectivity index (χ0n) is 16.9. The highest BCUT2D eigenvalue weighted by Gasteiger charge is 2.24. The average Bonchev–Trinajstić information content (AvgIpc) is 2.73. The largest absolute Gasteiger partial charge is 0.493 e. The van der Waals surface area contributed by atoms with Gasteiger partial charge in [-0.1, -0.05) is 61.8 Å². The van der Waals surface area contributed by atoms with E-state index in [0.29, 0.717) is 18.8 Å². The van der Waals surface area contributed by atoms with Crippen LogP contribution in [0.5, 0.6) is 0 Å². The number of ether oxygens (including phenoxy) is 1. The molecule has 2 aromatic rings. The van der Waals surface area contributed by atoms with Crippen molar-refractivity contribution in [3.05, 3.63) is 90.7 Å². The van der Waals surface area contributed by atoms with E-state index in [-0.39, 0.29) is 5.78 Å². The minimum atomic E-state index is 0.174. The van der Waals surface area contributed by atoms with E-state index >= 15 is 0 Å². The molecule has 29 heavy (non-hydrogen) atoms. The summed E-state index contributed by atoms with van der Waals surface area (Å²) in [6, 6.07) is 14.2. The van der Waals surface area contributed by atoms with E-state index in [1.807, 2.05) is 31.3 Å². The van der Waals surface area contributed by atoms with E-state index in [2.05, 4.69) is 42.8 Å². The second kappa shape index (κ2) is 9.77. The molecule has 0 aromatic heterocycles. The highest BCUT2D eigenvalue weighted by Crippen LogP contribution is 2.45. The predicted octanol–water partition coefficient (Wildman–Crippen LogP) is 5.82. The Morgan fingerprint density at radius 2 is 1.90 bits per heavy atom. The Labute approximate surface area is 177 Å². The number of hydrogen-bond acceptors (Lipinski definition) is 4. The van der Waals surface area contributed by atoms with Gasteiger partial charge in [-0.05, 0) is 49.4 Å². The van der Waals surface area contributed by atoms with Crippen LogP contribution in [0.3, 0.4) is 0 Å². The summed E-state index contributed by atoms with van der Waals surface area (Å²) in [4.78, 5) is 17.4. The van der Waals surface area contributed by atoms with E-state index in [0.717, 1.165) is 46.7 Å². The first-order chi connectivity index (χ1) is 14.0. The summed E-state index contributed by atoms with van der Waals surface area (Å²) in [5.41, 5.74) is 3.83. The summed E-state index contributed by atoms with van der Waals surface area (Å²) < 4.78 is 5.43. The van der Waals surface area contributed by atoms with Crippen molar-refractivity contribution in [2.45, 2.75) is 22.6 Å². The van der Waals surface area contributed by atoms with Crippen LogP contribution in [-0.4, -0.2) is 37.4 Å². The lowest BCUT2D eigenvalue weighted by molar-refractivity contribution is 0.0974. The van der Waals surface area contributed by atoms with Crippen molar-refractivity contribution in [3.8, 4) is 0 Å². The molecule has 1 aliphatic rings. The number of rotatable bonds is 10. The van der Waals surface area contributed by atoms with Crippen LogP contribution in [-0.2, 0) is 4.74 Å². The molecule has 0 aliphatic carbocycles. The summed E-state index contributed by atoms with van der Waals surface area (Å²) in [5.74, 6) is 0.759. The van der Waals surface area contributed by atoms with Crippen molar-refractivity contribution < 1.29 is 9.53 Å². The number of ketones is 1. The van der Waals surface area contributed by atoms with Gasteiger partial charge in [0.05, 0.1) is 0 Å². The molecule has 0 bridgehead atoms. The average molecular weight is 406 g/mol. The molecular formula is C25H27NO2S. The molecule has 0 amide bonds. The number of hydrogen-bond donors (Lipinski definition) is 0. The molecule has 0 radical (unpaired) electrons. The van der Waals surface area contributed by atoms with Gasteiger partial charge in [0.15, 0.2) is 5.78 Å². The lowest BCUT2D eigenvalue weighted by Crippen LogP contribution is -2.24. The second-order valence-electron chi connectivity index (χ2n) is 7.10. The fourth-order valence-corrected chi connectivity index (χ4v) is 4.53. The van der Waals surface area contributed by atoms with Crippen molar-refractivity contribution in [2.75, 3.05) is 26.7 Å². The van der Waals surface area contributed by atoms with Gasteiger partial charge in [-0.15, -0.1) is 0 Å². The number of nitrogens with zero attached hydrogens (tertiary/aromatic N) is 1. The Morgan fingerprint density at radius 1 is 1.14 bits per heavy atom. The van der Waals surface area contributed by atoms with Crippen molar-refractivity contribution in [1.82, 2.24) is 4.90 Å². The molecule has 1 heterocycles. The van der Waals surface area contributed by atoms with Crippen LogP contribution in [0.15, 0.2) is 83.8 Å². The van der Waals surface area contributed by atoms with Gasteiger partial charge in [-0.3, -0.25) is 4.79 Å². The van der Waals surface area contributed by atoms with Gasteiger partial charge in [0.2, 0.25) is 0 Å². The summed E-state index contributed by atoms with van der Waals surface area (Å²) in [6.07, 6.45) is 2.92. The molecule has 4 heteroatoms. The molecule has 150 valence electrons. The molecular weight excluding hydrogens is 378 g/mol. The number of carbonyl (C=O) groups excluding carboxylic acids is 1. The van der Waals surface area contributed by atoms with Crippen LogP contribution < -0.4 is 0 Å². The summed E-state index contributed by atoms with van der Waals surface area (Å²) in [7, 11) is 2.03. The molecule has 0 saturated heterocycles. The first kappa shape index (κ1) is 21.2. The maximum absolute atomic E-state index is 13.0. The zero-order chi connectivity index (χ0) is 20.8. The van der Waals surface area contributed by atoms with E-state index in [1.165, 1.54) is 4.90 Å². The maximum Gasteiger partial charge on any atom is 0.163 e. The normalized spacial score (nSPS) is 12.3. The topological polar surface area (TPSA) is 29.5 Å². The fraction of sp³-hybridized carbons (Fsp3) is 0.240. The smallest absolute Gasteiger partial charge is 0.163 e. The molecule has 0 saturated carbocycles. The molecule has 1 aliphatic heterocycles. The van der Waals surface area contributed by atoms with Gasteiger partial charge < -0.3 is 9.64 Å². The monoisotopic (exact) mass is 405 g/mol. The lowest BCUT2D eigenvalue weighted by Gasteiger charge is -2.23. The quantitative estimate of drug-likeness (QED) is 0.241. The van der Waals surface area contributed by atoms with Crippen LogP contribution in [0, 0.1) is 0 Å². The molecule has 0 fully saturated rings. The van der Waals surface area contributed by atoms with Crippen molar-refractivity contribution in [2.24, 2.45) is 0 Å². The van der Waals surface area contributed by atoms with E-state index < -0.39 is 0 Å². The Kier molecular flexibility index (Phi) is 7.13. The van der Waals surface area contributed by atoms with Crippen LogP contribution >= 0.6 is 11.8 Å². The molecule has 2 aromatic carbocycles. The SMILES string of the molecule is C=CC(=C)OCCN(C)CCCC(=O)c1cccc2c1C(=C)c1ccccc1S2. The lowest BCUT2D eigenvalue weighted by atomic mass is 9.91. The molecule has 0 spiro atoms. The Balaban J connectivity index is 1.60. The molecule has 3 nitrogen and oxygen atoms in total. The van der Waals surface area contributed by atoms with Crippen LogP contribution in [0.2, 0.25) is 0 Å². The highest BCUT2D eigenvalue weighted by atomic mass is 32.2. The van der Waals surface area contributed by atoms with Crippen molar-refractivity contribution in [3.63, 3.8) is 0 Å². The summed E-state index contributed by atoms with van der Waals surface area (Å²) in [6.45, 7) is 13.8. The minimum Gasteiger partial charge on any atom is -0.493 e. The number of benzene rings is 2. The molecule has 0 unspecified atom stereocenters. The number of fused-ring (bicyclic) bond motifs is 2. The first-order valence-electron chi connectivity index (χ1n) is 9.76. The number of carbonyl (C=O) groups is 1. The van der Waals surface area contributed by atoms with E-state index in [1.54, 1.807) is 17.8 Å². The second-order valence-corrected chi connectivity index (χ2v) is 8.19. The summed E-state index contributed by atoms with van der Waals surface area (Å²) >= 11 is 1.71. The Bertz CT molecular complexity index is 948. The van der Waals surface area contributed by atoms with Gasteiger partial charge in [0, 0.05) is 33.9 Å². The highest BCUT2D eigenvalue weighted by molar-refractivity contribution is 7.99.